The third kappa shape index (κ3) is 7.67. The summed E-state index contributed by atoms with van der Waals surface area (Å²) in [6.07, 6.45) is 0.517. The van der Waals surface area contributed by atoms with Gasteiger partial charge in [-0.1, -0.05) is 54.1 Å². The molecule has 7 nitrogen and oxygen atoms in total. The van der Waals surface area contributed by atoms with Crippen molar-refractivity contribution in [2.24, 2.45) is 5.73 Å². The van der Waals surface area contributed by atoms with Crippen LogP contribution in [0.4, 0.5) is 4.79 Å². The Balaban J connectivity index is 1.77. The van der Waals surface area contributed by atoms with Crippen molar-refractivity contribution in [2.75, 3.05) is 13.2 Å². The van der Waals surface area contributed by atoms with Crippen molar-refractivity contribution in [3.8, 4) is 0 Å². The number of esters is 1. The number of rotatable bonds is 9. The maximum atomic E-state index is 12.1. The third-order valence-corrected chi connectivity index (χ3v) is 4.15. The Hall–Kier alpha value is -3.06. The van der Waals surface area contributed by atoms with E-state index in [4.69, 9.17) is 22.1 Å². The summed E-state index contributed by atoms with van der Waals surface area (Å²) in [6.45, 7) is 0.0502. The first-order valence-corrected chi connectivity index (χ1v) is 9.09. The van der Waals surface area contributed by atoms with E-state index in [1.807, 2.05) is 30.3 Å². The lowest BCUT2D eigenvalue weighted by atomic mass is 10.0. The van der Waals surface area contributed by atoms with Gasteiger partial charge in [0, 0.05) is 11.6 Å². The fourth-order valence-corrected chi connectivity index (χ4v) is 2.66. The van der Waals surface area contributed by atoms with E-state index in [1.54, 1.807) is 24.3 Å². The Morgan fingerprint density at radius 2 is 1.71 bits per heavy atom. The van der Waals surface area contributed by atoms with Crippen molar-refractivity contribution >= 4 is 29.5 Å². The number of hydrogen-bond donors (Lipinski definition) is 3. The van der Waals surface area contributed by atoms with Gasteiger partial charge in [-0.3, -0.25) is 9.59 Å². The number of nitrogens with two attached hydrogens (primary N) is 1. The van der Waals surface area contributed by atoms with E-state index in [0.29, 0.717) is 23.6 Å². The quantitative estimate of drug-likeness (QED) is 0.558. The molecule has 0 aliphatic heterocycles. The summed E-state index contributed by atoms with van der Waals surface area (Å²) in [6, 6.07) is 14.9. The van der Waals surface area contributed by atoms with Crippen LogP contribution < -0.4 is 16.4 Å². The largest absolute Gasteiger partial charge is 0.456 e. The molecule has 0 saturated heterocycles. The number of carbonyl (C=O) groups excluding carboxylic acids is 3. The summed E-state index contributed by atoms with van der Waals surface area (Å²) in [7, 11) is 0. The van der Waals surface area contributed by atoms with Gasteiger partial charge in [-0.2, -0.15) is 0 Å². The van der Waals surface area contributed by atoms with Crippen LogP contribution in [0, 0.1) is 0 Å². The zero-order chi connectivity index (χ0) is 20.4. The maximum absolute atomic E-state index is 12.1. The number of amides is 3. The summed E-state index contributed by atoms with van der Waals surface area (Å²) in [5.41, 5.74) is 6.91. The van der Waals surface area contributed by atoms with Gasteiger partial charge in [-0.05, 0) is 29.7 Å². The van der Waals surface area contributed by atoms with Gasteiger partial charge in [0.25, 0.3) is 5.91 Å². The summed E-state index contributed by atoms with van der Waals surface area (Å²) in [5.74, 6) is -1.03. The molecule has 0 radical (unpaired) electrons. The van der Waals surface area contributed by atoms with Gasteiger partial charge < -0.3 is 21.1 Å². The zero-order valence-electron chi connectivity index (χ0n) is 15.2. The Labute approximate surface area is 168 Å². The Kier molecular flexibility index (Phi) is 8.30. The Morgan fingerprint density at radius 1 is 1.04 bits per heavy atom. The van der Waals surface area contributed by atoms with Crippen molar-refractivity contribution < 1.29 is 19.1 Å². The number of hydrogen-bond acceptors (Lipinski definition) is 4. The molecule has 1 atom stereocenters. The van der Waals surface area contributed by atoms with Crippen LogP contribution in [-0.4, -0.2) is 31.1 Å². The molecular formula is C20H22ClN3O4. The van der Waals surface area contributed by atoms with E-state index >= 15 is 0 Å². The number of benzene rings is 2. The number of urea groups is 1. The Bertz CT molecular complexity index is 797. The lowest BCUT2D eigenvalue weighted by Crippen LogP contribution is -2.35. The van der Waals surface area contributed by atoms with Gasteiger partial charge in [0.1, 0.15) is 0 Å². The van der Waals surface area contributed by atoms with E-state index in [2.05, 4.69) is 10.6 Å². The Morgan fingerprint density at radius 3 is 2.36 bits per heavy atom. The van der Waals surface area contributed by atoms with Crippen LogP contribution in [0.1, 0.15) is 23.6 Å². The van der Waals surface area contributed by atoms with Crippen LogP contribution in [0.3, 0.4) is 0 Å². The zero-order valence-corrected chi connectivity index (χ0v) is 15.9. The molecule has 8 heteroatoms. The van der Waals surface area contributed by atoms with Crippen molar-refractivity contribution in [2.45, 2.75) is 18.9 Å². The van der Waals surface area contributed by atoms with Crippen LogP contribution in [0.15, 0.2) is 54.6 Å². The molecular weight excluding hydrogens is 382 g/mol. The molecule has 0 aliphatic rings. The lowest BCUT2D eigenvalue weighted by Gasteiger charge is -2.17. The minimum Gasteiger partial charge on any atom is -0.456 e. The topological polar surface area (TPSA) is 111 Å². The smallest absolute Gasteiger partial charge is 0.312 e. The molecule has 2 rings (SSSR count). The number of nitrogens with one attached hydrogen (secondary N) is 2. The first-order valence-electron chi connectivity index (χ1n) is 8.71. The van der Waals surface area contributed by atoms with Crippen LogP contribution in [0.2, 0.25) is 5.02 Å². The fraction of sp³-hybridized carbons (Fsp3) is 0.250. The van der Waals surface area contributed by atoms with Crippen molar-refractivity contribution in [1.29, 1.82) is 0 Å². The summed E-state index contributed by atoms with van der Waals surface area (Å²) < 4.78 is 4.99. The molecule has 0 aliphatic carbocycles. The average Bonchev–Trinajstić information content (AvgIpc) is 2.67. The summed E-state index contributed by atoms with van der Waals surface area (Å²) in [5, 5.41) is 5.69. The van der Waals surface area contributed by atoms with Gasteiger partial charge in [-0.25, -0.2) is 4.79 Å². The highest BCUT2D eigenvalue weighted by Crippen LogP contribution is 2.20. The number of ether oxygens (including phenoxy) is 1. The summed E-state index contributed by atoms with van der Waals surface area (Å²) >= 11 is 5.85. The standard InChI is InChI=1S/C20H22ClN3O4/c21-16-8-6-15(7-9-16)17(24-20(22)27)12-19(26)28-13-18(25)23-11-10-14-4-2-1-3-5-14/h1-9,17H,10-13H2,(H,23,25)(H3,22,24,27)/t17-/m0/s1. The highest BCUT2D eigenvalue weighted by Gasteiger charge is 2.19. The predicted molar refractivity (Wildman–Crippen MR) is 106 cm³/mol. The van der Waals surface area contributed by atoms with E-state index in [9.17, 15) is 14.4 Å². The molecule has 0 bridgehead atoms. The van der Waals surface area contributed by atoms with Crippen molar-refractivity contribution in [3.63, 3.8) is 0 Å². The molecule has 0 spiro atoms. The van der Waals surface area contributed by atoms with Crippen LogP contribution >= 0.6 is 11.6 Å². The normalized spacial score (nSPS) is 11.3. The van der Waals surface area contributed by atoms with E-state index < -0.39 is 30.6 Å². The van der Waals surface area contributed by atoms with Gasteiger partial charge in [-0.15, -0.1) is 0 Å². The fourth-order valence-electron chi connectivity index (χ4n) is 2.53. The lowest BCUT2D eigenvalue weighted by molar-refractivity contribution is -0.149. The molecule has 2 aromatic carbocycles. The first-order chi connectivity index (χ1) is 13.4. The second-order valence-electron chi connectivity index (χ2n) is 6.06. The predicted octanol–water partition coefficient (Wildman–Crippen LogP) is 2.34. The minimum absolute atomic E-state index is 0.165. The molecule has 0 unspecified atom stereocenters. The SMILES string of the molecule is NC(=O)N[C@@H](CC(=O)OCC(=O)NCCc1ccccc1)c1ccc(Cl)cc1. The monoisotopic (exact) mass is 403 g/mol. The second-order valence-corrected chi connectivity index (χ2v) is 6.50. The third-order valence-electron chi connectivity index (χ3n) is 3.90. The molecule has 2 aromatic rings. The minimum atomic E-state index is -0.772. The van der Waals surface area contributed by atoms with Crippen LogP contribution in [-0.2, 0) is 20.7 Å². The molecule has 0 aromatic heterocycles. The van der Waals surface area contributed by atoms with Gasteiger partial charge in [0.15, 0.2) is 6.61 Å². The molecule has 3 amide bonds. The average molecular weight is 404 g/mol. The first kappa shape index (κ1) is 21.2. The van der Waals surface area contributed by atoms with Gasteiger partial charge in [0.05, 0.1) is 12.5 Å². The second kappa shape index (κ2) is 10.9. The molecule has 0 heterocycles. The molecule has 148 valence electrons. The number of primary amides is 1. The highest BCUT2D eigenvalue weighted by molar-refractivity contribution is 6.30. The van der Waals surface area contributed by atoms with E-state index in [-0.39, 0.29) is 6.42 Å². The summed E-state index contributed by atoms with van der Waals surface area (Å²) in [4.78, 5) is 35.1. The van der Waals surface area contributed by atoms with Crippen LogP contribution in [0.25, 0.3) is 0 Å². The number of carbonyl (C=O) groups is 3. The molecule has 28 heavy (non-hydrogen) atoms. The van der Waals surface area contributed by atoms with Crippen molar-refractivity contribution in [3.05, 3.63) is 70.7 Å². The molecule has 0 fully saturated rings. The highest BCUT2D eigenvalue weighted by atomic mass is 35.5. The maximum Gasteiger partial charge on any atom is 0.312 e. The van der Waals surface area contributed by atoms with Gasteiger partial charge >= 0.3 is 12.0 Å². The molecule has 0 saturated carbocycles. The van der Waals surface area contributed by atoms with E-state index in [0.717, 1.165) is 5.56 Å². The molecule has 4 N–H and O–H groups in total. The van der Waals surface area contributed by atoms with Gasteiger partial charge in [0.2, 0.25) is 0 Å². The number of halogens is 1. The van der Waals surface area contributed by atoms with Crippen molar-refractivity contribution in [1.82, 2.24) is 10.6 Å². The van der Waals surface area contributed by atoms with Crippen LogP contribution in [0.5, 0.6) is 0 Å². The van der Waals surface area contributed by atoms with E-state index in [1.165, 1.54) is 0 Å².